The number of rotatable bonds is 3. The molecule has 0 aromatic heterocycles. The lowest BCUT2D eigenvalue weighted by Gasteiger charge is -2.11. The summed E-state index contributed by atoms with van der Waals surface area (Å²) >= 11 is 0. The number of fused-ring (bicyclic) bond motifs is 1. The minimum Gasteiger partial charge on any atom is -0.497 e. The first-order valence-electron chi connectivity index (χ1n) is 5.78. The lowest BCUT2D eigenvalue weighted by atomic mass is 10.1. The first kappa shape index (κ1) is 9.97. The Labute approximate surface area is 95.8 Å². The Balaban J connectivity index is 1.89. The van der Waals surface area contributed by atoms with Gasteiger partial charge in [-0.1, -0.05) is 6.07 Å². The molecule has 86 valence electrons. The van der Waals surface area contributed by atoms with E-state index in [1.165, 1.54) is 5.56 Å². The van der Waals surface area contributed by atoms with Crippen molar-refractivity contribution in [1.82, 2.24) is 5.32 Å². The summed E-state index contributed by atoms with van der Waals surface area (Å²) in [6, 6.07) is 6.16. The Hall–Kier alpha value is -1.22. The van der Waals surface area contributed by atoms with E-state index >= 15 is 0 Å². The van der Waals surface area contributed by atoms with E-state index in [0.717, 1.165) is 36.4 Å². The summed E-state index contributed by atoms with van der Waals surface area (Å²) in [6.45, 7) is 2.31. The van der Waals surface area contributed by atoms with Crippen molar-refractivity contribution in [1.29, 1.82) is 0 Å². The van der Waals surface area contributed by atoms with E-state index in [1.54, 1.807) is 14.2 Å². The standard InChI is InChI=1S/C13H17NO2/c1-15-8-3-4-9(12(5-8)16-2)13-10-6-14-7-11(10)13/h3-5,10-11,13-14H,6-7H2,1-2H3. The molecule has 3 heteroatoms. The predicted molar refractivity (Wildman–Crippen MR) is 62.1 cm³/mol. The van der Waals surface area contributed by atoms with Crippen molar-refractivity contribution >= 4 is 0 Å². The Kier molecular flexibility index (Phi) is 2.28. The second-order valence-electron chi connectivity index (χ2n) is 4.62. The monoisotopic (exact) mass is 219 g/mol. The van der Waals surface area contributed by atoms with Gasteiger partial charge in [0, 0.05) is 6.07 Å². The van der Waals surface area contributed by atoms with Crippen LogP contribution in [0.25, 0.3) is 0 Å². The van der Waals surface area contributed by atoms with Crippen molar-refractivity contribution in [3.8, 4) is 11.5 Å². The number of hydrogen-bond acceptors (Lipinski definition) is 3. The molecule has 0 amide bonds. The molecule has 3 nitrogen and oxygen atoms in total. The lowest BCUT2D eigenvalue weighted by Crippen LogP contribution is -2.14. The maximum Gasteiger partial charge on any atom is 0.126 e. The molecular weight excluding hydrogens is 202 g/mol. The molecule has 2 aliphatic rings. The molecule has 1 heterocycles. The second kappa shape index (κ2) is 3.67. The van der Waals surface area contributed by atoms with E-state index in [4.69, 9.17) is 9.47 Å². The number of hydrogen-bond donors (Lipinski definition) is 1. The number of nitrogens with one attached hydrogen (secondary N) is 1. The first-order valence-corrected chi connectivity index (χ1v) is 5.78. The molecule has 1 aromatic carbocycles. The summed E-state index contributed by atoms with van der Waals surface area (Å²) in [4.78, 5) is 0. The maximum absolute atomic E-state index is 5.45. The highest BCUT2D eigenvalue weighted by molar-refractivity contribution is 5.46. The highest BCUT2D eigenvalue weighted by Gasteiger charge is 2.54. The van der Waals surface area contributed by atoms with Crippen LogP contribution in [0.15, 0.2) is 18.2 Å². The van der Waals surface area contributed by atoms with Gasteiger partial charge < -0.3 is 14.8 Å². The van der Waals surface area contributed by atoms with Gasteiger partial charge in [0.15, 0.2) is 0 Å². The van der Waals surface area contributed by atoms with Crippen molar-refractivity contribution < 1.29 is 9.47 Å². The molecule has 0 bridgehead atoms. The van der Waals surface area contributed by atoms with E-state index in [1.807, 2.05) is 12.1 Å². The van der Waals surface area contributed by atoms with E-state index in [-0.39, 0.29) is 0 Å². The molecule has 1 aliphatic carbocycles. The van der Waals surface area contributed by atoms with Crippen LogP contribution in [0.3, 0.4) is 0 Å². The first-order chi connectivity index (χ1) is 7.85. The highest BCUT2D eigenvalue weighted by atomic mass is 16.5. The van der Waals surface area contributed by atoms with Gasteiger partial charge in [0.05, 0.1) is 14.2 Å². The number of benzene rings is 1. The van der Waals surface area contributed by atoms with Gasteiger partial charge >= 0.3 is 0 Å². The van der Waals surface area contributed by atoms with Crippen LogP contribution in [0, 0.1) is 11.8 Å². The molecule has 0 radical (unpaired) electrons. The minimum absolute atomic E-state index is 0.696. The van der Waals surface area contributed by atoms with Gasteiger partial charge in [0.1, 0.15) is 11.5 Å². The van der Waals surface area contributed by atoms with E-state index in [0.29, 0.717) is 5.92 Å². The maximum atomic E-state index is 5.45. The van der Waals surface area contributed by atoms with Gasteiger partial charge in [0.25, 0.3) is 0 Å². The zero-order valence-electron chi connectivity index (χ0n) is 9.69. The summed E-state index contributed by atoms with van der Waals surface area (Å²) in [6.07, 6.45) is 0. The summed E-state index contributed by atoms with van der Waals surface area (Å²) < 4.78 is 10.7. The number of piperidine rings is 1. The molecule has 1 saturated carbocycles. The molecule has 1 N–H and O–H groups in total. The summed E-state index contributed by atoms with van der Waals surface area (Å²) in [5.41, 5.74) is 1.35. The molecule has 1 aromatic rings. The van der Waals surface area contributed by atoms with Crippen molar-refractivity contribution in [2.75, 3.05) is 27.3 Å². The Bertz CT molecular complexity index is 395. The van der Waals surface area contributed by atoms with Crippen LogP contribution in [0.1, 0.15) is 11.5 Å². The van der Waals surface area contributed by atoms with Crippen molar-refractivity contribution in [3.63, 3.8) is 0 Å². The Morgan fingerprint density at radius 2 is 1.88 bits per heavy atom. The molecule has 0 spiro atoms. The third-order valence-corrected chi connectivity index (χ3v) is 3.89. The van der Waals surface area contributed by atoms with E-state index < -0.39 is 0 Å². The Morgan fingerprint density at radius 1 is 1.12 bits per heavy atom. The third-order valence-electron chi connectivity index (χ3n) is 3.89. The molecule has 16 heavy (non-hydrogen) atoms. The molecule has 2 atom stereocenters. The topological polar surface area (TPSA) is 30.5 Å². The van der Waals surface area contributed by atoms with Crippen molar-refractivity contribution in [2.45, 2.75) is 5.92 Å². The lowest BCUT2D eigenvalue weighted by molar-refractivity contribution is 0.390. The summed E-state index contributed by atoms with van der Waals surface area (Å²) in [7, 11) is 3.42. The van der Waals surface area contributed by atoms with Gasteiger partial charge in [-0.3, -0.25) is 0 Å². The SMILES string of the molecule is COc1ccc(C2C3CNCC32)c(OC)c1. The van der Waals surface area contributed by atoms with Gasteiger partial charge in [-0.2, -0.15) is 0 Å². The van der Waals surface area contributed by atoms with Crippen LogP contribution in [0.5, 0.6) is 11.5 Å². The van der Waals surface area contributed by atoms with E-state index in [9.17, 15) is 0 Å². The third kappa shape index (κ3) is 1.39. The van der Waals surface area contributed by atoms with Gasteiger partial charge in [-0.05, 0) is 42.5 Å². The van der Waals surface area contributed by atoms with Gasteiger partial charge in [0.2, 0.25) is 0 Å². The van der Waals surface area contributed by atoms with Crippen molar-refractivity contribution in [3.05, 3.63) is 23.8 Å². The summed E-state index contributed by atoms with van der Waals surface area (Å²) in [5.74, 6) is 4.18. The largest absolute Gasteiger partial charge is 0.497 e. The predicted octanol–water partition coefficient (Wildman–Crippen LogP) is 1.64. The van der Waals surface area contributed by atoms with Gasteiger partial charge in [-0.25, -0.2) is 0 Å². The summed E-state index contributed by atoms with van der Waals surface area (Å²) in [5, 5.41) is 3.42. The van der Waals surface area contributed by atoms with Crippen molar-refractivity contribution in [2.24, 2.45) is 11.8 Å². The van der Waals surface area contributed by atoms with Crippen LogP contribution in [-0.2, 0) is 0 Å². The van der Waals surface area contributed by atoms with Crippen LogP contribution < -0.4 is 14.8 Å². The fourth-order valence-electron chi connectivity index (χ4n) is 2.97. The molecule has 2 unspecified atom stereocenters. The molecule has 2 fully saturated rings. The molecule has 3 rings (SSSR count). The quantitative estimate of drug-likeness (QED) is 0.838. The zero-order valence-corrected chi connectivity index (χ0v) is 9.69. The van der Waals surface area contributed by atoms with Crippen LogP contribution >= 0.6 is 0 Å². The molecule has 1 aliphatic heterocycles. The second-order valence-corrected chi connectivity index (χ2v) is 4.62. The van der Waals surface area contributed by atoms with Crippen LogP contribution in [-0.4, -0.2) is 27.3 Å². The van der Waals surface area contributed by atoms with Crippen LogP contribution in [0.4, 0.5) is 0 Å². The average molecular weight is 219 g/mol. The smallest absolute Gasteiger partial charge is 0.126 e. The number of methoxy groups -OCH3 is 2. The van der Waals surface area contributed by atoms with Gasteiger partial charge in [-0.15, -0.1) is 0 Å². The van der Waals surface area contributed by atoms with Crippen LogP contribution in [0.2, 0.25) is 0 Å². The normalized spacial score (nSPS) is 31.0. The zero-order chi connectivity index (χ0) is 11.1. The average Bonchev–Trinajstić information content (AvgIpc) is 2.80. The van der Waals surface area contributed by atoms with E-state index in [2.05, 4.69) is 11.4 Å². The fourth-order valence-corrected chi connectivity index (χ4v) is 2.97. The highest BCUT2D eigenvalue weighted by Crippen LogP contribution is 2.57. The number of ether oxygens (including phenoxy) is 2. The minimum atomic E-state index is 0.696. The fraction of sp³-hybridized carbons (Fsp3) is 0.538. The molecule has 1 saturated heterocycles. The molecular formula is C13H17NO2. The Morgan fingerprint density at radius 3 is 2.50 bits per heavy atom.